The lowest BCUT2D eigenvalue weighted by molar-refractivity contribution is -0.142. The van der Waals surface area contributed by atoms with Crippen molar-refractivity contribution < 1.29 is 14.3 Å². The van der Waals surface area contributed by atoms with Crippen LogP contribution in [0.25, 0.3) is 10.8 Å². The van der Waals surface area contributed by atoms with E-state index in [-0.39, 0.29) is 25.0 Å². The highest BCUT2D eigenvalue weighted by molar-refractivity contribution is 9.10. The summed E-state index contributed by atoms with van der Waals surface area (Å²) in [5, 5.41) is 5.03. The molecule has 0 heterocycles. The Morgan fingerprint density at radius 2 is 1.55 bits per heavy atom. The van der Waals surface area contributed by atoms with Crippen LogP contribution in [0, 0.1) is 5.92 Å². The minimum absolute atomic E-state index is 0.170. The molecule has 0 spiro atoms. The van der Waals surface area contributed by atoms with E-state index in [9.17, 15) is 9.59 Å². The second-order valence-electron chi connectivity index (χ2n) is 9.76. The summed E-state index contributed by atoms with van der Waals surface area (Å²) in [6.07, 6.45) is 0.402. The minimum Gasteiger partial charge on any atom is -0.483 e. The fourth-order valence-electron chi connectivity index (χ4n) is 4.35. The second-order valence-corrected chi connectivity index (χ2v) is 10.7. The average Bonchev–Trinajstić information content (AvgIpc) is 2.93. The van der Waals surface area contributed by atoms with Crippen molar-refractivity contribution in [3.63, 3.8) is 0 Å². The summed E-state index contributed by atoms with van der Waals surface area (Å²) in [5.74, 6) is 0.512. The molecule has 0 aromatic heterocycles. The van der Waals surface area contributed by atoms with Gasteiger partial charge in [0.25, 0.3) is 5.91 Å². The Balaban J connectivity index is 1.64. The lowest BCUT2D eigenvalue weighted by Gasteiger charge is -2.32. The van der Waals surface area contributed by atoms with E-state index >= 15 is 0 Å². The number of hydrogen-bond acceptors (Lipinski definition) is 3. The van der Waals surface area contributed by atoms with Gasteiger partial charge in [-0.2, -0.15) is 0 Å². The molecule has 1 atom stereocenters. The van der Waals surface area contributed by atoms with Gasteiger partial charge in [0.05, 0.1) is 0 Å². The van der Waals surface area contributed by atoms with Gasteiger partial charge in [0.2, 0.25) is 5.91 Å². The van der Waals surface area contributed by atoms with Crippen LogP contribution in [0.3, 0.4) is 0 Å². The average molecular weight is 574 g/mol. The molecule has 5 nitrogen and oxygen atoms in total. The van der Waals surface area contributed by atoms with Crippen LogP contribution >= 0.6 is 15.9 Å². The maximum Gasteiger partial charge on any atom is 0.261 e. The maximum atomic E-state index is 13.8. The molecule has 0 aliphatic carbocycles. The Hall–Kier alpha value is -3.64. The third-order valence-corrected chi connectivity index (χ3v) is 6.79. The van der Waals surface area contributed by atoms with Gasteiger partial charge >= 0.3 is 0 Å². The molecule has 4 aromatic carbocycles. The van der Waals surface area contributed by atoms with Crippen LogP contribution < -0.4 is 10.1 Å². The van der Waals surface area contributed by atoms with Gasteiger partial charge in [-0.25, -0.2) is 0 Å². The first-order valence-electron chi connectivity index (χ1n) is 12.9. The van der Waals surface area contributed by atoms with Crippen LogP contribution in [0.1, 0.15) is 25.0 Å². The van der Waals surface area contributed by atoms with E-state index in [1.807, 2.05) is 97.1 Å². The fourth-order valence-corrected chi connectivity index (χ4v) is 4.80. The summed E-state index contributed by atoms with van der Waals surface area (Å²) >= 11 is 3.53. The highest BCUT2D eigenvalue weighted by atomic mass is 79.9. The number of fused-ring (bicyclic) bond motifs is 1. The lowest BCUT2D eigenvalue weighted by Crippen LogP contribution is -2.52. The molecule has 6 heteroatoms. The molecule has 2 amide bonds. The number of nitrogens with one attached hydrogen (secondary N) is 1. The first-order valence-corrected chi connectivity index (χ1v) is 13.7. The smallest absolute Gasteiger partial charge is 0.261 e. The first-order chi connectivity index (χ1) is 18.4. The van der Waals surface area contributed by atoms with Crippen LogP contribution in [0.2, 0.25) is 0 Å². The molecular weight excluding hydrogens is 540 g/mol. The van der Waals surface area contributed by atoms with Gasteiger partial charge in [-0.1, -0.05) is 109 Å². The van der Waals surface area contributed by atoms with Gasteiger partial charge in [-0.15, -0.1) is 0 Å². The van der Waals surface area contributed by atoms with Crippen molar-refractivity contribution in [3.05, 3.63) is 113 Å². The molecule has 0 aliphatic rings. The zero-order chi connectivity index (χ0) is 26.9. The van der Waals surface area contributed by atoms with Gasteiger partial charge in [0, 0.05) is 29.4 Å². The zero-order valence-electron chi connectivity index (χ0n) is 21.8. The summed E-state index contributed by atoms with van der Waals surface area (Å²) in [6, 6.07) is 30.6. The number of carbonyl (C=O) groups is 2. The van der Waals surface area contributed by atoms with Crippen molar-refractivity contribution in [3.8, 4) is 5.75 Å². The molecule has 38 heavy (non-hydrogen) atoms. The van der Waals surface area contributed by atoms with Gasteiger partial charge in [-0.05, 0) is 40.6 Å². The Labute approximate surface area is 232 Å². The fraction of sp³-hybridized carbons (Fsp3) is 0.250. The van der Waals surface area contributed by atoms with Crippen LogP contribution in [-0.2, 0) is 22.6 Å². The van der Waals surface area contributed by atoms with Crippen molar-refractivity contribution in [2.75, 3.05) is 13.2 Å². The third-order valence-electron chi connectivity index (χ3n) is 6.30. The molecule has 1 unspecified atom stereocenters. The van der Waals surface area contributed by atoms with Gasteiger partial charge in [-0.3, -0.25) is 9.59 Å². The standard InChI is InChI=1S/C32H33BrN2O3/c1-23(2)20-34-32(37)29(19-24-10-4-3-5-11-24)35(21-25-12-8-15-27(33)18-25)31(36)22-38-30-17-9-14-26-13-6-7-16-28(26)30/h3-18,23,29H,19-22H2,1-2H3,(H,34,37). The minimum atomic E-state index is -0.696. The number of rotatable bonds is 11. The van der Waals surface area contributed by atoms with Crippen LogP contribution in [0.5, 0.6) is 5.75 Å². The van der Waals surface area contributed by atoms with E-state index < -0.39 is 6.04 Å². The Kier molecular flexibility index (Phi) is 9.55. The quantitative estimate of drug-likeness (QED) is 0.226. The van der Waals surface area contributed by atoms with Crippen molar-refractivity contribution in [2.24, 2.45) is 5.92 Å². The molecule has 0 radical (unpaired) electrons. The summed E-state index contributed by atoms with van der Waals surface area (Å²) < 4.78 is 6.98. The highest BCUT2D eigenvalue weighted by Crippen LogP contribution is 2.25. The van der Waals surface area contributed by atoms with Crippen molar-refractivity contribution in [1.29, 1.82) is 0 Å². The molecule has 196 valence electrons. The van der Waals surface area contributed by atoms with Crippen molar-refractivity contribution in [1.82, 2.24) is 10.2 Å². The number of amides is 2. The predicted octanol–water partition coefficient (Wildman–Crippen LogP) is 6.39. The summed E-state index contributed by atoms with van der Waals surface area (Å²) in [6.45, 7) is 4.74. The Morgan fingerprint density at radius 1 is 0.868 bits per heavy atom. The first kappa shape index (κ1) is 27.4. The topological polar surface area (TPSA) is 58.6 Å². The number of ether oxygens (including phenoxy) is 1. The number of carbonyl (C=O) groups excluding carboxylic acids is 2. The Bertz CT molecular complexity index is 1370. The highest BCUT2D eigenvalue weighted by Gasteiger charge is 2.31. The summed E-state index contributed by atoms with van der Waals surface area (Å²) in [5.41, 5.74) is 1.91. The third kappa shape index (κ3) is 7.45. The summed E-state index contributed by atoms with van der Waals surface area (Å²) in [7, 11) is 0. The van der Waals surface area contributed by atoms with Gasteiger partial charge in [0.15, 0.2) is 6.61 Å². The van der Waals surface area contributed by atoms with Crippen LogP contribution in [0.15, 0.2) is 102 Å². The van der Waals surface area contributed by atoms with E-state index in [1.165, 1.54) is 0 Å². The van der Waals surface area contributed by atoms with E-state index in [0.717, 1.165) is 26.4 Å². The molecule has 0 aliphatic heterocycles. The number of nitrogens with zero attached hydrogens (tertiary/aromatic N) is 1. The Morgan fingerprint density at radius 3 is 2.32 bits per heavy atom. The van der Waals surface area contributed by atoms with Crippen LogP contribution in [-0.4, -0.2) is 35.9 Å². The second kappa shape index (κ2) is 13.2. The molecule has 0 bridgehead atoms. The molecule has 0 saturated carbocycles. The SMILES string of the molecule is CC(C)CNC(=O)C(Cc1ccccc1)N(Cc1cccc(Br)c1)C(=O)COc1cccc2ccccc12. The predicted molar refractivity (Wildman–Crippen MR) is 156 cm³/mol. The van der Waals surface area contributed by atoms with Crippen molar-refractivity contribution >= 4 is 38.5 Å². The van der Waals surface area contributed by atoms with Gasteiger partial charge in [0.1, 0.15) is 11.8 Å². The molecule has 4 aromatic rings. The largest absolute Gasteiger partial charge is 0.483 e. The van der Waals surface area contributed by atoms with Gasteiger partial charge < -0.3 is 15.0 Å². The molecule has 4 rings (SSSR count). The number of halogens is 1. The molecule has 1 N–H and O–H groups in total. The van der Waals surface area contributed by atoms with E-state index in [4.69, 9.17) is 4.74 Å². The number of benzene rings is 4. The van der Waals surface area contributed by atoms with E-state index in [1.54, 1.807) is 4.90 Å². The van der Waals surface area contributed by atoms with Crippen LogP contribution in [0.4, 0.5) is 0 Å². The number of hydrogen-bond donors (Lipinski definition) is 1. The van der Waals surface area contributed by atoms with Crippen molar-refractivity contribution in [2.45, 2.75) is 32.9 Å². The van der Waals surface area contributed by atoms with E-state index in [0.29, 0.717) is 24.6 Å². The van der Waals surface area contributed by atoms with E-state index in [2.05, 4.69) is 35.1 Å². The lowest BCUT2D eigenvalue weighted by atomic mass is 10.0. The monoisotopic (exact) mass is 572 g/mol. The molecular formula is C32H33BrN2O3. The molecule has 0 fully saturated rings. The summed E-state index contributed by atoms with van der Waals surface area (Å²) in [4.78, 5) is 29.0. The zero-order valence-corrected chi connectivity index (χ0v) is 23.4. The normalized spacial score (nSPS) is 11.8. The maximum absolute atomic E-state index is 13.8. The molecule has 0 saturated heterocycles.